The van der Waals surface area contributed by atoms with Gasteiger partial charge in [-0.15, -0.1) is 0 Å². The van der Waals surface area contributed by atoms with Crippen molar-refractivity contribution in [2.45, 2.75) is 24.3 Å². The molecule has 0 aliphatic rings. The van der Waals surface area contributed by atoms with Crippen LogP contribution in [0.1, 0.15) is 13.8 Å². The molecule has 7 nitrogen and oxygen atoms in total. The third kappa shape index (κ3) is 2.94. The summed E-state index contributed by atoms with van der Waals surface area (Å²) < 4.78 is 39.0. The minimum absolute atomic E-state index is 0.487. The van der Waals surface area contributed by atoms with E-state index in [0.29, 0.717) is 6.07 Å². The van der Waals surface area contributed by atoms with Crippen molar-refractivity contribution in [2.75, 3.05) is 13.7 Å². The standard InChI is InChI=1S/C11H15FN2O5S/c1-11(2,7-15)13(3)20(18,19)10-6-8(14(16)17)4-5-9(10)12/h4-6,15H,7H2,1-3H3. The Morgan fingerprint density at radius 1 is 1.45 bits per heavy atom. The Hall–Kier alpha value is -1.58. The number of benzene rings is 1. The van der Waals surface area contributed by atoms with E-state index in [1.165, 1.54) is 20.9 Å². The van der Waals surface area contributed by atoms with Crippen LogP contribution in [-0.4, -0.2) is 41.9 Å². The third-order valence-corrected chi connectivity index (χ3v) is 5.09. The van der Waals surface area contributed by atoms with Gasteiger partial charge < -0.3 is 5.11 Å². The number of aliphatic hydroxyl groups excluding tert-OH is 1. The minimum atomic E-state index is -4.30. The maximum Gasteiger partial charge on any atom is 0.270 e. The van der Waals surface area contributed by atoms with E-state index in [2.05, 4.69) is 0 Å². The van der Waals surface area contributed by atoms with E-state index in [1.54, 1.807) is 0 Å². The summed E-state index contributed by atoms with van der Waals surface area (Å²) in [5, 5.41) is 19.8. The van der Waals surface area contributed by atoms with Gasteiger partial charge in [-0.05, 0) is 19.9 Å². The molecule has 0 saturated carbocycles. The lowest BCUT2D eigenvalue weighted by molar-refractivity contribution is -0.385. The lowest BCUT2D eigenvalue weighted by Gasteiger charge is -2.32. The number of aliphatic hydroxyl groups is 1. The lowest BCUT2D eigenvalue weighted by atomic mass is 10.1. The van der Waals surface area contributed by atoms with Crippen molar-refractivity contribution in [2.24, 2.45) is 0 Å². The van der Waals surface area contributed by atoms with Crippen molar-refractivity contribution >= 4 is 15.7 Å². The zero-order valence-electron chi connectivity index (χ0n) is 11.2. The van der Waals surface area contributed by atoms with E-state index in [1.807, 2.05) is 0 Å². The minimum Gasteiger partial charge on any atom is -0.394 e. The first-order chi connectivity index (χ1) is 9.04. The highest BCUT2D eigenvalue weighted by atomic mass is 32.2. The van der Waals surface area contributed by atoms with Crippen molar-refractivity contribution < 1.29 is 22.8 Å². The van der Waals surface area contributed by atoms with E-state index in [9.17, 15) is 28.0 Å². The van der Waals surface area contributed by atoms with E-state index in [0.717, 1.165) is 16.4 Å². The summed E-state index contributed by atoms with van der Waals surface area (Å²) in [7, 11) is -3.13. The fourth-order valence-corrected chi connectivity index (χ4v) is 2.96. The van der Waals surface area contributed by atoms with Gasteiger partial charge in [-0.25, -0.2) is 12.8 Å². The van der Waals surface area contributed by atoms with Crippen molar-refractivity contribution in [1.29, 1.82) is 0 Å². The maximum absolute atomic E-state index is 13.7. The second-order valence-corrected chi connectivity index (χ2v) is 6.75. The van der Waals surface area contributed by atoms with Crippen LogP contribution >= 0.6 is 0 Å². The fourth-order valence-electron chi connectivity index (χ4n) is 1.38. The summed E-state index contributed by atoms with van der Waals surface area (Å²) in [4.78, 5) is 9.04. The largest absolute Gasteiger partial charge is 0.394 e. The molecule has 1 aromatic carbocycles. The zero-order valence-corrected chi connectivity index (χ0v) is 12.0. The topological polar surface area (TPSA) is 101 Å². The van der Waals surface area contributed by atoms with Gasteiger partial charge in [0.2, 0.25) is 10.0 Å². The van der Waals surface area contributed by atoms with Crippen LogP contribution in [0.3, 0.4) is 0 Å². The van der Waals surface area contributed by atoms with Crippen LogP contribution in [0, 0.1) is 15.9 Å². The molecule has 0 aromatic heterocycles. The Kier molecular flexibility index (Phi) is 4.47. The number of nitro benzene ring substituents is 1. The number of non-ortho nitro benzene ring substituents is 1. The second-order valence-electron chi connectivity index (χ2n) is 4.81. The highest BCUT2D eigenvalue weighted by Crippen LogP contribution is 2.27. The molecule has 0 atom stereocenters. The van der Waals surface area contributed by atoms with Crippen molar-refractivity contribution in [3.05, 3.63) is 34.1 Å². The number of nitrogens with zero attached hydrogens (tertiary/aromatic N) is 2. The van der Waals surface area contributed by atoms with Gasteiger partial charge in [0, 0.05) is 19.2 Å². The molecule has 112 valence electrons. The molecule has 1 N–H and O–H groups in total. The van der Waals surface area contributed by atoms with Crippen LogP contribution in [-0.2, 0) is 10.0 Å². The molecule has 0 radical (unpaired) electrons. The number of likely N-dealkylation sites (N-methyl/N-ethyl adjacent to an activating group) is 1. The Balaban J connectivity index is 3.43. The van der Waals surface area contributed by atoms with Gasteiger partial charge in [0.25, 0.3) is 5.69 Å². The summed E-state index contributed by atoms with van der Waals surface area (Å²) in [5.74, 6) is -1.09. The molecule has 0 aliphatic carbocycles. The monoisotopic (exact) mass is 306 g/mol. The molecular weight excluding hydrogens is 291 g/mol. The predicted molar refractivity (Wildman–Crippen MR) is 69.2 cm³/mol. The number of nitro groups is 1. The van der Waals surface area contributed by atoms with Crippen LogP contribution in [0.15, 0.2) is 23.1 Å². The van der Waals surface area contributed by atoms with Crippen LogP contribution in [0.2, 0.25) is 0 Å². The molecule has 1 rings (SSSR count). The highest BCUT2D eigenvalue weighted by molar-refractivity contribution is 7.89. The van der Waals surface area contributed by atoms with Crippen molar-refractivity contribution in [1.82, 2.24) is 4.31 Å². The van der Waals surface area contributed by atoms with Gasteiger partial charge in [0.15, 0.2) is 0 Å². The number of rotatable bonds is 5. The normalized spacial score (nSPS) is 12.7. The van der Waals surface area contributed by atoms with Gasteiger partial charge in [-0.3, -0.25) is 10.1 Å². The Morgan fingerprint density at radius 3 is 2.45 bits per heavy atom. The maximum atomic E-state index is 13.7. The van der Waals surface area contributed by atoms with Crippen LogP contribution in [0.25, 0.3) is 0 Å². The second kappa shape index (κ2) is 5.43. The van der Waals surface area contributed by atoms with Crippen LogP contribution in [0.4, 0.5) is 10.1 Å². The number of hydrogen-bond donors (Lipinski definition) is 1. The van der Waals surface area contributed by atoms with E-state index in [-0.39, 0.29) is 0 Å². The first-order valence-corrected chi connectivity index (χ1v) is 7.02. The molecule has 0 heterocycles. The Bertz CT molecular complexity index is 630. The smallest absolute Gasteiger partial charge is 0.270 e. The fraction of sp³-hybridized carbons (Fsp3) is 0.455. The first-order valence-electron chi connectivity index (χ1n) is 5.58. The third-order valence-electron chi connectivity index (χ3n) is 3.00. The summed E-state index contributed by atoms with van der Waals surface area (Å²) in [5.41, 5.74) is -1.70. The first kappa shape index (κ1) is 16.5. The highest BCUT2D eigenvalue weighted by Gasteiger charge is 2.36. The summed E-state index contributed by atoms with van der Waals surface area (Å²) in [6.07, 6.45) is 0. The molecule has 0 bridgehead atoms. The summed E-state index contributed by atoms with van der Waals surface area (Å²) in [6, 6.07) is 2.27. The SMILES string of the molecule is CN(C(C)(C)CO)S(=O)(=O)c1cc([N+](=O)[O-])ccc1F. The summed E-state index contributed by atoms with van der Waals surface area (Å²) in [6.45, 7) is 2.40. The molecule has 0 amide bonds. The van der Waals surface area contributed by atoms with Gasteiger partial charge in [0.05, 0.1) is 17.1 Å². The van der Waals surface area contributed by atoms with Gasteiger partial charge in [0.1, 0.15) is 10.7 Å². The van der Waals surface area contributed by atoms with Crippen molar-refractivity contribution in [3.8, 4) is 0 Å². The average molecular weight is 306 g/mol. The molecule has 1 aromatic rings. The van der Waals surface area contributed by atoms with E-state index < -0.39 is 43.5 Å². The lowest BCUT2D eigenvalue weighted by Crippen LogP contribution is -2.47. The molecule has 20 heavy (non-hydrogen) atoms. The molecule has 0 spiro atoms. The van der Waals surface area contributed by atoms with E-state index in [4.69, 9.17) is 0 Å². The van der Waals surface area contributed by atoms with Crippen molar-refractivity contribution in [3.63, 3.8) is 0 Å². The van der Waals surface area contributed by atoms with Crippen LogP contribution in [0.5, 0.6) is 0 Å². The van der Waals surface area contributed by atoms with Crippen LogP contribution < -0.4 is 0 Å². The van der Waals surface area contributed by atoms with Gasteiger partial charge >= 0.3 is 0 Å². The number of hydrogen-bond acceptors (Lipinski definition) is 5. The summed E-state index contributed by atoms with van der Waals surface area (Å²) >= 11 is 0. The molecular formula is C11H15FN2O5S. The molecule has 0 unspecified atom stereocenters. The van der Waals surface area contributed by atoms with Gasteiger partial charge in [-0.1, -0.05) is 0 Å². The zero-order chi connectivity index (χ0) is 15.7. The van der Waals surface area contributed by atoms with Gasteiger partial charge in [-0.2, -0.15) is 4.31 Å². The molecule has 9 heteroatoms. The molecule has 0 saturated heterocycles. The molecule has 0 aliphatic heterocycles. The van der Waals surface area contributed by atoms with E-state index >= 15 is 0 Å². The Morgan fingerprint density at radius 2 is 2.00 bits per heavy atom. The molecule has 0 fully saturated rings. The number of sulfonamides is 1. The Labute approximate surface area is 115 Å². The number of halogens is 1. The predicted octanol–water partition coefficient (Wildman–Crippen LogP) is 1.13. The average Bonchev–Trinajstić information content (AvgIpc) is 2.37. The quantitative estimate of drug-likeness (QED) is 0.649.